The maximum Gasteiger partial charge on any atom is 0.254 e. The third-order valence-electron chi connectivity index (χ3n) is 6.45. The summed E-state index contributed by atoms with van der Waals surface area (Å²) in [5.74, 6) is 0.0487. The molecule has 7 nitrogen and oxygen atoms in total. The SMILES string of the molecule is Cc1ccc(-c2cc(C(=O)N3CCN(Cc4ccncc4)CC3)c3cnn(C(C)C)c3n2)cc1. The van der Waals surface area contributed by atoms with Gasteiger partial charge in [-0.05, 0) is 44.5 Å². The highest BCUT2D eigenvalue weighted by Crippen LogP contribution is 2.28. The number of aromatic nitrogens is 4. The number of nitrogens with zero attached hydrogens (tertiary/aromatic N) is 6. The van der Waals surface area contributed by atoms with Crippen LogP contribution in [0.4, 0.5) is 0 Å². The van der Waals surface area contributed by atoms with E-state index in [0.717, 1.165) is 41.9 Å². The average molecular weight is 455 g/mol. The van der Waals surface area contributed by atoms with Gasteiger partial charge in [-0.25, -0.2) is 9.67 Å². The first-order chi connectivity index (χ1) is 16.5. The van der Waals surface area contributed by atoms with E-state index in [1.807, 2.05) is 40.2 Å². The monoisotopic (exact) mass is 454 g/mol. The zero-order valence-electron chi connectivity index (χ0n) is 20.0. The fraction of sp³-hybridized carbons (Fsp3) is 0.333. The zero-order chi connectivity index (χ0) is 23.7. The highest BCUT2D eigenvalue weighted by Gasteiger charge is 2.26. The third-order valence-corrected chi connectivity index (χ3v) is 6.45. The molecule has 34 heavy (non-hydrogen) atoms. The van der Waals surface area contributed by atoms with Gasteiger partial charge in [0, 0.05) is 56.7 Å². The molecule has 1 aliphatic heterocycles. The molecule has 1 aliphatic rings. The van der Waals surface area contributed by atoms with Crippen LogP contribution in [0.25, 0.3) is 22.3 Å². The lowest BCUT2D eigenvalue weighted by atomic mass is 10.0. The molecular formula is C27H30N6O. The Bertz CT molecular complexity index is 1290. The molecule has 0 radical (unpaired) electrons. The van der Waals surface area contributed by atoms with Gasteiger partial charge in [0.1, 0.15) is 0 Å². The van der Waals surface area contributed by atoms with Gasteiger partial charge in [0.15, 0.2) is 5.65 Å². The summed E-state index contributed by atoms with van der Waals surface area (Å²) in [5, 5.41) is 5.37. The van der Waals surface area contributed by atoms with Gasteiger partial charge < -0.3 is 4.90 Å². The van der Waals surface area contributed by atoms with Crippen molar-refractivity contribution < 1.29 is 4.79 Å². The maximum absolute atomic E-state index is 13.7. The second-order valence-corrected chi connectivity index (χ2v) is 9.27. The second-order valence-electron chi connectivity index (χ2n) is 9.27. The molecule has 0 saturated carbocycles. The Morgan fingerprint density at radius 1 is 1.00 bits per heavy atom. The van der Waals surface area contributed by atoms with Gasteiger partial charge in [0.2, 0.25) is 0 Å². The highest BCUT2D eigenvalue weighted by atomic mass is 16.2. The second kappa shape index (κ2) is 9.35. The number of fused-ring (bicyclic) bond motifs is 1. The fourth-order valence-electron chi connectivity index (χ4n) is 4.47. The normalized spacial score (nSPS) is 14.8. The van der Waals surface area contributed by atoms with E-state index in [-0.39, 0.29) is 11.9 Å². The summed E-state index contributed by atoms with van der Waals surface area (Å²) in [4.78, 5) is 27.1. The minimum atomic E-state index is 0.0487. The molecule has 1 aromatic carbocycles. The van der Waals surface area contributed by atoms with Crippen LogP contribution in [0, 0.1) is 6.92 Å². The molecule has 7 heteroatoms. The predicted octanol–water partition coefficient (Wildman–Crippen LogP) is 4.34. The van der Waals surface area contributed by atoms with Crippen molar-refractivity contribution in [2.45, 2.75) is 33.4 Å². The molecule has 1 fully saturated rings. The van der Waals surface area contributed by atoms with Crippen molar-refractivity contribution >= 4 is 16.9 Å². The first-order valence-electron chi connectivity index (χ1n) is 11.9. The number of aryl methyl sites for hydroxylation is 1. The van der Waals surface area contributed by atoms with Crippen molar-refractivity contribution in [1.82, 2.24) is 29.5 Å². The minimum absolute atomic E-state index is 0.0487. The third kappa shape index (κ3) is 4.43. The van der Waals surface area contributed by atoms with Crippen molar-refractivity contribution in [2.75, 3.05) is 26.2 Å². The van der Waals surface area contributed by atoms with Crippen LogP contribution in [0.3, 0.4) is 0 Å². The van der Waals surface area contributed by atoms with Gasteiger partial charge >= 0.3 is 0 Å². The lowest BCUT2D eigenvalue weighted by molar-refractivity contribution is 0.0630. The number of hydrogen-bond acceptors (Lipinski definition) is 5. The lowest BCUT2D eigenvalue weighted by Gasteiger charge is -2.35. The Morgan fingerprint density at radius 2 is 1.71 bits per heavy atom. The van der Waals surface area contributed by atoms with E-state index in [4.69, 9.17) is 4.98 Å². The number of rotatable bonds is 5. The predicted molar refractivity (Wildman–Crippen MR) is 134 cm³/mol. The van der Waals surface area contributed by atoms with Gasteiger partial charge in [0.25, 0.3) is 5.91 Å². The number of piperazine rings is 1. The van der Waals surface area contributed by atoms with Crippen molar-refractivity contribution in [3.8, 4) is 11.3 Å². The summed E-state index contributed by atoms with van der Waals surface area (Å²) >= 11 is 0. The Kier molecular flexibility index (Phi) is 6.11. The molecular weight excluding hydrogens is 424 g/mol. The molecule has 0 spiro atoms. The summed E-state index contributed by atoms with van der Waals surface area (Å²) in [7, 11) is 0. The van der Waals surface area contributed by atoms with E-state index in [0.29, 0.717) is 18.7 Å². The highest BCUT2D eigenvalue weighted by molar-refractivity contribution is 6.06. The summed E-state index contributed by atoms with van der Waals surface area (Å²) in [6.45, 7) is 10.2. The van der Waals surface area contributed by atoms with E-state index < -0.39 is 0 Å². The Labute approximate surface area is 200 Å². The zero-order valence-corrected chi connectivity index (χ0v) is 20.0. The fourth-order valence-corrected chi connectivity index (χ4v) is 4.47. The van der Waals surface area contributed by atoms with Crippen molar-refractivity contribution in [3.63, 3.8) is 0 Å². The number of amides is 1. The molecule has 1 amide bonds. The van der Waals surface area contributed by atoms with E-state index in [2.05, 4.69) is 60.0 Å². The number of pyridine rings is 2. The van der Waals surface area contributed by atoms with Gasteiger partial charge in [-0.1, -0.05) is 29.8 Å². The molecule has 0 bridgehead atoms. The summed E-state index contributed by atoms with van der Waals surface area (Å²) < 4.78 is 1.90. The molecule has 0 aliphatic carbocycles. The molecule has 4 heterocycles. The van der Waals surface area contributed by atoms with E-state index in [9.17, 15) is 4.79 Å². The van der Waals surface area contributed by atoms with Crippen molar-refractivity contribution in [3.05, 3.63) is 77.7 Å². The van der Waals surface area contributed by atoms with Gasteiger partial charge in [-0.2, -0.15) is 5.10 Å². The van der Waals surface area contributed by atoms with Crippen LogP contribution in [0.15, 0.2) is 61.1 Å². The molecule has 0 atom stereocenters. The average Bonchev–Trinajstić information content (AvgIpc) is 3.29. The van der Waals surface area contributed by atoms with Crippen LogP contribution in [0.5, 0.6) is 0 Å². The first-order valence-corrected chi connectivity index (χ1v) is 11.9. The number of carbonyl (C=O) groups is 1. The first kappa shape index (κ1) is 22.2. The van der Waals surface area contributed by atoms with Gasteiger partial charge in [0.05, 0.1) is 22.8 Å². The maximum atomic E-state index is 13.7. The van der Waals surface area contributed by atoms with Crippen molar-refractivity contribution in [1.29, 1.82) is 0 Å². The Morgan fingerprint density at radius 3 is 2.38 bits per heavy atom. The summed E-state index contributed by atoms with van der Waals surface area (Å²) in [5.41, 5.74) is 5.67. The van der Waals surface area contributed by atoms with Crippen LogP contribution in [-0.2, 0) is 6.54 Å². The van der Waals surface area contributed by atoms with Crippen molar-refractivity contribution in [2.24, 2.45) is 0 Å². The van der Waals surface area contributed by atoms with Gasteiger partial charge in [-0.3, -0.25) is 14.7 Å². The molecule has 3 aromatic heterocycles. The number of benzene rings is 1. The molecule has 1 saturated heterocycles. The Balaban J connectivity index is 1.43. The van der Waals surface area contributed by atoms with E-state index >= 15 is 0 Å². The van der Waals surface area contributed by atoms with Crippen LogP contribution >= 0.6 is 0 Å². The van der Waals surface area contributed by atoms with Crippen LogP contribution < -0.4 is 0 Å². The lowest BCUT2D eigenvalue weighted by Crippen LogP contribution is -2.48. The largest absolute Gasteiger partial charge is 0.336 e. The Hall–Kier alpha value is -3.58. The number of hydrogen-bond donors (Lipinski definition) is 0. The molecule has 4 aromatic rings. The quantitative estimate of drug-likeness (QED) is 0.449. The topological polar surface area (TPSA) is 67.2 Å². The van der Waals surface area contributed by atoms with Crippen LogP contribution in [0.1, 0.15) is 41.4 Å². The smallest absolute Gasteiger partial charge is 0.254 e. The summed E-state index contributed by atoms with van der Waals surface area (Å²) in [6, 6.07) is 14.4. The molecule has 5 rings (SSSR count). The summed E-state index contributed by atoms with van der Waals surface area (Å²) in [6.07, 6.45) is 5.44. The van der Waals surface area contributed by atoms with E-state index in [1.54, 1.807) is 6.20 Å². The number of carbonyl (C=O) groups excluding carboxylic acids is 1. The minimum Gasteiger partial charge on any atom is -0.336 e. The van der Waals surface area contributed by atoms with Crippen LogP contribution in [0.2, 0.25) is 0 Å². The molecule has 0 N–H and O–H groups in total. The van der Waals surface area contributed by atoms with Crippen LogP contribution in [-0.4, -0.2) is 61.6 Å². The standard InChI is InChI=1S/C27H30N6O/c1-19(2)33-26-24(17-29-33)23(16-25(30-26)22-6-4-20(3)5-7-22)27(34)32-14-12-31(13-15-32)18-21-8-10-28-11-9-21/h4-11,16-17,19H,12-15,18H2,1-3H3. The van der Waals surface area contributed by atoms with Gasteiger partial charge in [-0.15, -0.1) is 0 Å². The van der Waals surface area contributed by atoms with E-state index in [1.165, 1.54) is 11.1 Å². The molecule has 0 unspecified atom stereocenters. The molecule has 174 valence electrons.